The molecule has 1 aromatic carbocycles. The van der Waals surface area contributed by atoms with Crippen LogP contribution in [-0.4, -0.2) is 30.2 Å². The van der Waals surface area contributed by atoms with Crippen LogP contribution in [0.5, 0.6) is 17.2 Å². The van der Waals surface area contributed by atoms with Crippen molar-refractivity contribution in [3.8, 4) is 17.2 Å². The summed E-state index contributed by atoms with van der Waals surface area (Å²) < 4.78 is 10.9. The number of rotatable bonds is 4. The summed E-state index contributed by atoms with van der Waals surface area (Å²) in [5.74, 6) is 3.49. The second kappa shape index (κ2) is 6.54. The first-order chi connectivity index (χ1) is 10.3. The number of piperidine rings is 1. The fraction of sp³-hybridized carbons (Fsp3) is 0.375. The molecule has 1 aliphatic rings. The van der Waals surface area contributed by atoms with E-state index in [2.05, 4.69) is 15.3 Å². The molecule has 1 N–H and O–H groups in total. The molecule has 5 nitrogen and oxygen atoms in total. The van der Waals surface area contributed by atoms with Crippen LogP contribution in [-0.2, 0) is 0 Å². The Morgan fingerprint density at radius 3 is 2.48 bits per heavy atom. The minimum Gasteiger partial charge on any atom is -0.497 e. The van der Waals surface area contributed by atoms with Crippen LogP contribution in [0, 0.1) is 0 Å². The Kier molecular flexibility index (Phi) is 4.31. The van der Waals surface area contributed by atoms with Crippen LogP contribution in [0.3, 0.4) is 0 Å². The molecule has 0 saturated carbocycles. The first-order valence-electron chi connectivity index (χ1n) is 7.20. The Morgan fingerprint density at radius 2 is 1.76 bits per heavy atom. The first-order valence-corrected chi connectivity index (χ1v) is 7.20. The van der Waals surface area contributed by atoms with Gasteiger partial charge in [0, 0.05) is 12.0 Å². The van der Waals surface area contributed by atoms with Crippen molar-refractivity contribution in [3.05, 3.63) is 42.5 Å². The van der Waals surface area contributed by atoms with E-state index < -0.39 is 0 Å². The molecule has 2 heterocycles. The number of aromatic nitrogens is 2. The van der Waals surface area contributed by atoms with Crippen LogP contribution in [0.15, 0.2) is 36.7 Å². The zero-order valence-electron chi connectivity index (χ0n) is 12.1. The molecule has 1 saturated heterocycles. The normalized spacial score (nSPS) is 15.7. The minimum absolute atomic E-state index is 0.456. The number of nitrogens with zero attached hydrogens (tertiary/aromatic N) is 2. The zero-order valence-corrected chi connectivity index (χ0v) is 12.1. The van der Waals surface area contributed by atoms with E-state index in [1.807, 2.05) is 24.3 Å². The Bertz CT molecular complexity index is 580. The topological polar surface area (TPSA) is 56.3 Å². The summed E-state index contributed by atoms with van der Waals surface area (Å²) in [5, 5.41) is 3.35. The summed E-state index contributed by atoms with van der Waals surface area (Å²) in [5.41, 5.74) is 0. The van der Waals surface area contributed by atoms with Crippen molar-refractivity contribution in [3.63, 3.8) is 0 Å². The van der Waals surface area contributed by atoms with Crippen LogP contribution in [0.25, 0.3) is 0 Å². The molecular formula is C16H19N3O2. The third kappa shape index (κ3) is 3.49. The maximum atomic E-state index is 5.75. The van der Waals surface area contributed by atoms with Gasteiger partial charge in [0.1, 0.15) is 17.3 Å². The number of hydrogen-bond donors (Lipinski definition) is 1. The molecule has 110 valence electrons. The number of methoxy groups -OCH3 is 1. The zero-order chi connectivity index (χ0) is 14.5. The van der Waals surface area contributed by atoms with E-state index in [0.29, 0.717) is 17.4 Å². The van der Waals surface area contributed by atoms with E-state index >= 15 is 0 Å². The highest BCUT2D eigenvalue weighted by molar-refractivity contribution is 5.35. The Balaban J connectivity index is 1.68. The molecule has 1 fully saturated rings. The van der Waals surface area contributed by atoms with Gasteiger partial charge >= 0.3 is 0 Å². The quantitative estimate of drug-likeness (QED) is 0.936. The van der Waals surface area contributed by atoms with Gasteiger partial charge in [-0.25, -0.2) is 9.97 Å². The van der Waals surface area contributed by atoms with E-state index in [4.69, 9.17) is 9.47 Å². The molecule has 5 heteroatoms. The first kappa shape index (κ1) is 13.8. The van der Waals surface area contributed by atoms with Crippen LogP contribution in [0.1, 0.15) is 24.6 Å². The molecule has 0 aliphatic carbocycles. The molecular weight excluding hydrogens is 266 g/mol. The lowest BCUT2D eigenvalue weighted by Gasteiger charge is -2.21. The lowest BCUT2D eigenvalue weighted by atomic mass is 9.97. The molecule has 2 aromatic rings. The lowest BCUT2D eigenvalue weighted by molar-refractivity contribution is 0.408. The Hall–Kier alpha value is -2.14. The molecule has 1 aliphatic heterocycles. The van der Waals surface area contributed by atoms with E-state index in [0.717, 1.165) is 37.5 Å². The third-order valence-corrected chi connectivity index (χ3v) is 3.63. The van der Waals surface area contributed by atoms with Gasteiger partial charge in [-0.2, -0.15) is 0 Å². The lowest BCUT2D eigenvalue weighted by Crippen LogP contribution is -2.27. The molecule has 3 rings (SSSR count). The van der Waals surface area contributed by atoms with Crippen molar-refractivity contribution in [2.24, 2.45) is 0 Å². The highest BCUT2D eigenvalue weighted by Crippen LogP contribution is 2.26. The molecule has 0 bridgehead atoms. The number of ether oxygens (including phenoxy) is 2. The summed E-state index contributed by atoms with van der Waals surface area (Å²) in [4.78, 5) is 8.89. The third-order valence-electron chi connectivity index (χ3n) is 3.63. The number of benzene rings is 1. The highest BCUT2D eigenvalue weighted by Gasteiger charge is 2.17. The second-order valence-corrected chi connectivity index (χ2v) is 5.08. The van der Waals surface area contributed by atoms with Crippen LogP contribution in [0.2, 0.25) is 0 Å². The molecule has 0 unspecified atom stereocenters. The van der Waals surface area contributed by atoms with Crippen LogP contribution >= 0.6 is 0 Å². The summed E-state index contributed by atoms with van der Waals surface area (Å²) in [6, 6.07) is 7.48. The van der Waals surface area contributed by atoms with Crippen molar-refractivity contribution in [2.45, 2.75) is 18.8 Å². The molecule has 0 spiro atoms. The Labute approximate surface area is 124 Å². The van der Waals surface area contributed by atoms with Crippen molar-refractivity contribution in [1.29, 1.82) is 0 Å². The van der Waals surface area contributed by atoms with Gasteiger partial charge in [0.05, 0.1) is 19.5 Å². The van der Waals surface area contributed by atoms with Gasteiger partial charge in [-0.3, -0.25) is 0 Å². The maximum Gasteiger partial charge on any atom is 0.164 e. The summed E-state index contributed by atoms with van der Waals surface area (Å²) >= 11 is 0. The smallest absolute Gasteiger partial charge is 0.164 e. The van der Waals surface area contributed by atoms with Crippen molar-refractivity contribution >= 4 is 0 Å². The maximum absolute atomic E-state index is 5.75. The van der Waals surface area contributed by atoms with Crippen molar-refractivity contribution in [2.75, 3.05) is 20.2 Å². The predicted octanol–water partition coefficient (Wildman–Crippen LogP) is 2.74. The largest absolute Gasteiger partial charge is 0.497 e. The SMILES string of the molecule is COc1cccc(Oc2cnc(C3CCNCC3)nc2)c1. The molecule has 0 amide bonds. The van der Waals surface area contributed by atoms with E-state index in [9.17, 15) is 0 Å². The number of hydrogen-bond acceptors (Lipinski definition) is 5. The van der Waals surface area contributed by atoms with Gasteiger partial charge in [0.2, 0.25) is 0 Å². The van der Waals surface area contributed by atoms with Gasteiger partial charge in [0.25, 0.3) is 0 Å². The van der Waals surface area contributed by atoms with Crippen molar-refractivity contribution in [1.82, 2.24) is 15.3 Å². The van der Waals surface area contributed by atoms with E-state index in [1.165, 1.54) is 0 Å². The van der Waals surface area contributed by atoms with Gasteiger partial charge in [-0.05, 0) is 38.1 Å². The summed E-state index contributed by atoms with van der Waals surface area (Å²) in [6.45, 7) is 2.08. The summed E-state index contributed by atoms with van der Waals surface area (Å²) in [7, 11) is 1.63. The fourth-order valence-electron chi connectivity index (χ4n) is 2.47. The Morgan fingerprint density at radius 1 is 1.05 bits per heavy atom. The van der Waals surface area contributed by atoms with Crippen LogP contribution in [0.4, 0.5) is 0 Å². The standard InChI is InChI=1S/C16H19N3O2/c1-20-13-3-2-4-14(9-13)21-15-10-18-16(19-11-15)12-5-7-17-8-6-12/h2-4,9-12,17H,5-8H2,1H3. The highest BCUT2D eigenvalue weighted by atomic mass is 16.5. The minimum atomic E-state index is 0.456. The van der Waals surface area contributed by atoms with Gasteiger partial charge in [-0.15, -0.1) is 0 Å². The molecule has 21 heavy (non-hydrogen) atoms. The average molecular weight is 285 g/mol. The fourth-order valence-corrected chi connectivity index (χ4v) is 2.47. The molecule has 0 atom stereocenters. The predicted molar refractivity (Wildman–Crippen MR) is 79.9 cm³/mol. The number of nitrogens with one attached hydrogen (secondary N) is 1. The second-order valence-electron chi connectivity index (χ2n) is 5.08. The van der Waals surface area contributed by atoms with E-state index in [1.54, 1.807) is 19.5 Å². The van der Waals surface area contributed by atoms with Gasteiger partial charge in [0.15, 0.2) is 5.75 Å². The van der Waals surface area contributed by atoms with E-state index in [-0.39, 0.29) is 0 Å². The van der Waals surface area contributed by atoms with Gasteiger partial charge < -0.3 is 14.8 Å². The van der Waals surface area contributed by atoms with Gasteiger partial charge in [-0.1, -0.05) is 6.07 Å². The summed E-state index contributed by atoms with van der Waals surface area (Å²) in [6.07, 6.45) is 5.67. The molecule has 0 radical (unpaired) electrons. The van der Waals surface area contributed by atoms with Crippen molar-refractivity contribution < 1.29 is 9.47 Å². The molecule has 1 aromatic heterocycles. The van der Waals surface area contributed by atoms with Crippen LogP contribution < -0.4 is 14.8 Å². The average Bonchev–Trinajstić information content (AvgIpc) is 2.56. The monoisotopic (exact) mass is 285 g/mol.